The Morgan fingerprint density at radius 3 is 2.51 bits per heavy atom. The molecule has 0 bridgehead atoms. The Morgan fingerprint density at radius 2 is 1.81 bits per heavy atom. The number of nitrogens with zero attached hydrogens (tertiary/aromatic N) is 3. The van der Waals surface area contributed by atoms with E-state index >= 15 is 0 Å². The molecule has 3 heterocycles. The molecule has 37 heavy (non-hydrogen) atoms. The molecule has 3 aliphatic rings. The van der Waals surface area contributed by atoms with Crippen LogP contribution in [0.15, 0.2) is 42.5 Å². The van der Waals surface area contributed by atoms with Gasteiger partial charge in [-0.1, -0.05) is 24.3 Å². The molecular weight excluding hydrogens is 472 g/mol. The molecule has 0 saturated carbocycles. The van der Waals surface area contributed by atoms with Crippen molar-refractivity contribution in [3.05, 3.63) is 64.7 Å². The highest BCUT2D eigenvalue weighted by molar-refractivity contribution is 6.08. The molecule has 0 aliphatic carbocycles. The van der Waals surface area contributed by atoms with Crippen molar-refractivity contribution in [3.63, 3.8) is 0 Å². The molecule has 3 N–H and O–H groups in total. The molecule has 4 amide bonds. The number of imide groups is 1. The van der Waals surface area contributed by atoms with E-state index < -0.39 is 17.5 Å². The summed E-state index contributed by atoms with van der Waals surface area (Å²) in [7, 11) is 3.67. The lowest BCUT2D eigenvalue weighted by Gasteiger charge is -2.36. The van der Waals surface area contributed by atoms with Crippen LogP contribution in [-0.2, 0) is 16.8 Å². The minimum atomic E-state index is -1.41. The maximum Gasteiger partial charge on any atom is 0.322 e. The van der Waals surface area contributed by atoms with E-state index in [2.05, 4.69) is 27.5 Å². The van der Waals surface area contributed by atoms with E-state index in [-0.39, 0.29) is 12.5 Å². The standard InChI is InChI=1S/C27H32N6O4/c1-31-11-3-12-32(15-14-31)23(28)18-4-6-20(7-5-18)27(25(35)29-26(36)30-27)17-33-13-10-19-16-21(37-2)8-9-22(19)24(33)34/h4-9,16,28H,3,10-15,17H2,1-2H3,(H2,29,30,35,36)/t27-/m0/s1. The first kappa shape index (κ1) is 24.8. The zero-order valence-electron chi connectivity index (χ0n) is 21.2. The fraction of sp³-hybridized carbons (Fsp3) is 0.407. The van der Waals surface area contributed by atoms with E-state index in [1.165, 1.54) is 0 Å². The monoisotopic (exact) mass is 504 g/mol. The molecule has 2 aromatic rings. The first-order valence-corrected chi connectivity index (χ1v) is 12.5. The Balaban J connectivity index is 1.39. The van der Waals surface area contributed by atoms with E-state index in [9.17, 15) is 14.4 Å². The van der Waals surface area contributed by atoms with Crippen LogP contribution in [-0.4, -0.2) is 91.8 Å². The van der Waals surface area contributed by atoms with Gasteiger partial charge in [-0.05, 0) is 55.8 Å². The molecule has 2 aromatic carbocycles. The van der Waals surface area contributed by atoms with Crippen molar-refractivity contribution in [2.45, 2.75) is 18.4 Å². The zero-order valence-corrected chi connectivity index (χ0v) is 21.2. The molecule has 2 fully saturated rings. The number of methoxy groups -OCH3 is 1. The number of rotatable bonds is 5. The van der Waals surface area contributed by atoms with Gasteiger partial charge in [0.25, 0.3) is 11.8 Å². The summed E-state index contributed by atoms with van der Waals surface area (Å²) in [5.41, 5.74) is 1.36. The van der Waals surface area contributed by atoms with Crippen LogP contribution < -0.4 is 15.4 Å². The second-order valence-corrected chi connectivity index (χ2v) is 9.88. The van der Waals surface area contributed by atoms with Crippen LogP contribution in [0.25, 0.3) is 0 Å². The summed E-state index contributed by atoms with van der Waals surface area (Å²) in [5, 5.41) is 13.8. The first-order chi connectivity index (χ1) is 17.8. The summed E-state index contributed by atoms with van der Waals surface area (Å²) in [6.07, 6.45) is 1.61. The van der Waals surface area contributed by atoms with Gasteiger partial charge in [-0.2, -0.15) is 0 Å². The molecule has 1 atom stereocenters. The molecule has 0 aromatic heterocycles. The number of likely N-dealkylation sites (N-methyl/N-ethyl adjacent to an activating group) is 1. The molecular formula is C27H32N6O4. The molecule has 10 nitrogen and oxygen atoms in total. The first-order valence-electron chi connectivity index (χ1n) is 12.5. The average molecular weight is 505 g/mol. The molecule has 0 unspecified atom stereocenters. The van der Waals surface area contributed by atoms with Crippen molar-refractivity contribution < 1.29 is 19.1 Å². The second kappa shape index (κ2) is 9.85. The fourth-order valence-electron chi connectivity index (χ4n) is 5.34. The maximum atomic E-state index is 13.3. The number of carbonyl (C=O) groups is 3. The Morgan fingerprint density at radius 1 is 1.03 bits per heavy atom. The quantitative estimate of drug-likeness (QED) is 0.322. The van der Waals surface area contributed by atoms with Crippen molar-refractivity contribution in [2.75, 3.05) is 53.4 Å². The van der Waals surface area contributed by atoms with Gasteiger partial charge >= 0.3 is 6.03 Å². The van der Waals surface area contributed by atoms with Crippen LogP contribution in [0, 0.1) is 5.41 Å². The number of nitrogens with one attached hydrogen (secondary N) is 3. The van der Waals surface area contributed by atoms with Crippen LogP contribution in [0.5, 0.6) is 5.75 Å². The van der Waals surface area contributed by atoms with Gasteiger partial charge in [0.15, 0.2) is 5.54 Å². The molecule has 0 radical (unpaired) electrons. The predicted molar refractivity (Wildman–Crippen MR) is 138 cm³/mol. The number of fused-ring (bicyclic) bond motifs is 1. The Bertz CT molecular complexity index is 1250. The minimum absolute atomic E-state index is 0.00410. The van der Waals surface area contributed by atoms with Gasteiger partial charge < -0.3 is 24.8 Å². The maximum absolute atomic E-state index is 13.3. The summed E-state index contributed by atoms with van der Waals surface area (Å²) in [5.74, 6) is 0.441. The number of benzene rings is 2. The topological polar surface area (TPSA) is 118 Å². The summed E-state index contributed by atoms with van der Waals surface area (Å²) < 4.78 is 5.28. The SMILES string of the molecule is COc1ccc2c(c1)CCN(C[C@@]1(c3ccc(C(=N)N4CCCN(C)CC4)cc3)NC(=O)NC1=O)C2=O. The smallest absolute Gasteiger partial charge is 0.322 e. The largest absolute Gasteiger partial charge is 0.497 e. The van der Waals surface area contributed by atoms with Crippen molar-refractivity contribution in [1.82, 2.24) is 25.3 Å². The summed E-state index contributed by atoms with van der Waals surface area (Å²) >= 11 is 0. The van der Waals surface area contributed by atoms with Crippen molar-refractivity contribution >= 4 is 23.7 Å². The molecule has 10 heteroatoms. The highest BCUT2D eigenvalue weighted by Crippen LogP contribution is 2.30. The van der Waals surface area contributed by atoms with Crippen LogP contribution in [0.1, 0.15) is 33.5 Å². The third kappa shape index (κ3) is 4.64. The lowest BCUT2D eigenvalue weighted by atomic mass is 9.87. The Hall–Kier alpha value is -3.92. The highest BCUT2D eigenvalue weighted by Gasteiger charge is 2.50. The Kier molecular flexibility index (Phi) is 6.59. The van der Waals surface area contributed by atoms with Crippen molar-refractivity contribution in [3.8, 4) is 5.75 Å². The number of ether oxygens (including phenoxy) is 1. The molecule has 194 valence electrons. The van der Waals surface area contributed by atoms with Crippen LogP contribution in [0.4, 0.5) is 4.79 Å². The normalized spacial score (nSPS) is 22.3. The minimum Gasteiger partial charge on any atom is -0.497 e. The number of hydrogen-bond donors (Lipinski definition) is 3. The summed E-state index contributed by atoms with van der Waals surface area (Å²) in [4.78, 5) is 44.7. The van der Waals surface area contributed by atoms with Crippen molar-refractivity contribution in [1.29, 1.82) is 5.41 Å². The van der Waals surface area contributed by atoms with Crippen LogP contribution >= 0.6 is 0 Å². The summed E-state index contributed by atoms with van der Waals surface area (Å²) in [6, 6.07) is 11.9. The molecule has 2 saturated heterocycles. The van der Waals surface area contributed by atoms with Gasteiger partial charge in [0, 0.05) is 37.3 Å². The number of carbonyl (C=O) groups excluding carboxylic acids is 3. The fourth-order valence-corrected chi connectivity index (χ4v) is 5.34. The van der Waals surface area contributed by atoms with Gasteiger partial charge in [-0.15, -0.1) is 0 Å². The van der Waals surface area contributed by atoms with E-state index in [1.807, 2.05) is 18.2 Å². The predicted octanol–water partition coefficient (Wildman–Crippen LogP) is 1.39. The van der Waals surface area contributed by atoms with Crippen LogP contribution in [0.2, 0.25) is 0 Å². The van der Waals surface area contributed by atoms with E-state index in [0.717, 1.165) is 43.7 Å². The van der Waals surface area contributed by atoms with Gasteiger partial charge in [-0.3, -0.25) is 20.3 Å². The number of amides is 4. The molecule has 5 rings (SSSR count). The number of amidine groups is 1. The second-order valence-electron chi connectivity index (χ2n) is 9.88. The van der Waals surface area contributed by atoms with Gasteiger partial charge in [0.05, 0.1) is 13.7 Å². The summed E-state index contributed by atoms with van der Waals surface area (Å²) in [6.45, 7) is 3.92. The van der Waals surface area contributed by atoms with Gasteiger partial charge in [-0.25, -0.2) is 4.79 Å². The van der Waals surface area contributed by atoms with E-state index in [4.69, 9.17) is 10.1 Å². The van der Waals surface area contributed by atoms with E-state index in [0.29, 0.717) is 35.7 Å². The third-order valence-electron chi connectivity index (χ3n) is 7.54. The molecule has 3 aliphatic heterocycles. The van der Waals surface area contributed by atoms with Crippen molar-refractivity contribution in [2.24, 2.45) is 0 Å². The van der Waals surface area contributed by atoms with Crippen LogP contribution in [0.3, 0.4) is 0 Å². The third-order valence-corrected chi connectivity index (χ3v) is 7.54. The van der Waals surface area contributed by atoms with Gasteiger partial charge in [0.2, 0.25) is 0 Å². The van der Waals surface area contributed by atoms with Gasteiger partial charge in [0.1, 0.15) is 11.6 Å². The van der Waals surface area contributed by atoms with E-state index in [1.54, 1.807) is 36.3 Å². The lowest BCUT2D eigenvalue weighted by molar-refractivity contribution is -0.124. The zero-order chi connectivity index (χ0) is 26.2. The average Bonchev–Trinajstić information content (AvgIpc) is 3.04. The lowest BCUT2D eigenvalue weighted by Crippen LogP contribution is -2.55. The molecule has 0 spiro atoms. The highest BCUT2D eigenvalue weighted by atomic mass is 16.5. The number of hydrogen-bond acceptors (Lipinski definition) is 6. The Labute approximate surface area is 216 Å². The number of urea groups is 1.